The summed E-state index contributed by atoms with van der Waals surface area (Å²) in [7, 11) is -1.96. The normalized spacial score (nSPS) is 25.8. The third-order valence-corrected chi connectivity index (χ3v) is 7.26. The van der Waals surface area contributed by atoms with E-state index in [4.69, 9.17) is 22.1 Å². The lowest BCUT2D eigenvalue weighted by Crippen LogP contribution is -2.41. The quantitative estimate of drug-likeness (QED) is 0.363. The van der Waals surface area contributed by atoms with Gasteiger partial charge in [0.15, 0.2) is 5.82 Å². The number of ether oxygens (including phenoxy) is 1. The highest BCUT2D eigenvalue weighted by atomic mass is 35.5. The molecule has 0 radical (unpaired) electrons. The minimum atomic E-state index is -3.42. The fraction of sp³-hybridized carbons (Fsp3) is 0.350. The van der Waals surface area contributed by atoms with Crippen LogP contribution in [0, 0.1) is 17.8 Å². The van der Waals surface area contributed by atoms with Crippen LogP contribution in [0.1, 0.15) is 6.42 Å². The molecule has 31 heavy (non-hydrogen) atoms. The van der Waals surface area contributed by atoms with Gasteiger partial charge in [-0.15, -0.1) is 0 Å². The zero-order chi connectivity index (χ0) is 22.3. The minimum Gasteiger partial charge on any atom is -0.495 e. The Bertz CT molecular complexity index is 1100. The molecule has 2 aromatic rings. The third-order valence-electron chi connectivity index (χ3n) is 5.75. The standard InChI is InChI=1S/C20H23ClN5O4P/c1-30-15-8-12(31(2,28)29)5-6-14(15)24-20-23-9-13(21)19(26-20)25-17-11-4-3-10(7-11)16(17)18(22)27/h3-6,8-11,16-17H,7H2,1-2H3,(H2,22,27)(H,28,29)(H2,23,24,25,26). The average Bonchev–Trinajstić information content (AvgIpc) is 3.31. The van der Waals surface area contributed by atoms with E-state index in [0.717, 1.165) is 6.42 Å². The van der Waals surface area contributed by atoms with E-state index in [2.05, 4.69) is 26.7 Å². The van der Waals surface area contributed by atoms with E-state index in [1.807, 2.05) is 6.08 Å². The molecule has 1 heterocycles. The Kier molecular flexibility index (Phi) is 5.68. The zero-order valence-electron chi connectivity index (χ0n) is 16.9. The summed E-state index contributed by atoms with van der Waals surface area (Å²) < 4.78 is 17.3. The smallest absolute Gasteiger partial charge is 0.229 e. The van der Waals surface area contributed by atoms with Gasteiger partial charge in [-0.05, 0) is 36.5 Å². The lowest BCUT2D eigenvalue weighted by Gasteiger charge is -2.27. The highest BCUT2D eigenvalue weighted by Crippen LogP contribution is 2.45. The molecule has 0 saturated heterocycles. The summed E-state index contributed by atoms with van der Waals surface area (Å²) in [5.41, 5.74) is 6.15. The molecule has 164 valence electrons. The molecule has 1 aromatic heterocycles. The third kappa shape index (κ3) is 4.26. The predicted molar refractivity (Wildman–Crippen MR) is 120 cm³/mol. The van der Waals surface area contributed by atoms with Crippen LogP contribution in [0.25, 0.3) is 0 Å². The highest BCUT2D eigenvalue weighted by molar-refractivity contribution is 7.65. The van der Waals surface area contributed by atoms with E-state index in [1.54, 1.807) is 12.1 Å². The lowest BCUT2D eigenvalue weighted by atomic mass is 9.88. The second-order valence-electron chi connectivity index (χ2n) is 7.83. The molecule has 1 fully saturated rings. The number of halogens is 1. The Morgan fingerprint density at radius 3 is 2.77 bits per heavy atom. The topological polar surface area (TPSA) is 139 Å². The van der Waals surface area contributed by atoms with Crippen LogP contribution in [0.5, 0.6) is 5.75 Å². The number of nitrogens with one attached hydrogen (secondary N) is 2. The summed E-state index contributed by atoms with van der Waals surface area (Å²) in [6, 6.07) is 4.47. The SMILES string of the molecule is COc1cc(P(C)(=O)O)ccc1Nc1ncc(Cl)c(NC2C3C=CC(C3)C2C(N)=O)n1. The van der Waals surface area contributed by atoms with Crippen molar-refractivity contribution >= 4 is 47.6 Å². The lowest BCUT2D eigenvalue weighted by molar-refractivity contribution is -0.122. The first kappa shape index (κ1) is 21.6. The van der Waals surface area contributed by atoms with Crippen molar-refractivity contribution in [2.45, 2.75) is 12.5 Å². The number of hydrogen-bond donors (Lipinski definition) is 4. The fourth-order valence-corrected chi connectivity index (χ4v) is 5.11. The number of rotatable bonds is 7. The Hall–Kier alpha value is -2.61. The van der Waals surface area contributed by atoms with E-state index in [0.29, 0.717) is 22.3 Å². The number of allylic oxidation sites excluding steroid dienone is 1. The van der Waals surface area contributed by atoms with Crippen molar-refractivity contribution < 1.29 is 19.0 Å². The van der Waals surface area contributed by atoms with Gasteiger partial charge in [-0.3, -0.25) is 9.36 Å². The Labute approximate surface area is 184 Å². The number of fused-ring (bicyclic) bond motifs is 2. The van der Waals surface area contributed by atoms with Crippen LogP contribution in [-0.2, 0) is 9.36 Å². The van der Waals surface area contributed by atoms with Gasteiger partial charge in [-0.1, -0.05) is 23.8 Å². The molecule has 2 aliphatic rings. The summed E-state index contributed by atoms with van der Waals surface area (Å²) in [4.78, 5) is 30.4. The Morgan fingerprint density at radius 2 is 2.10 bits per heavy atom. The maximum absolute atomic E-state index is 12.0. The molecule has 1 aromatic carbocycles. The van der Waals surface area contributed by atoms with Gasteiger partial charge in [0.25, 0.3) is 0 Å². The molecule has 9 nitrogen and oxygen atoms in total. The molecule has 0 aliphatic heterocycles. The van der Waals surface area contributed by atoms with Crippen LogP contribution in [0.4, 0.5) is 17.5 Å². The second-order valence-corrected chi connectivity index (χ2v) is 10.5. The minimum absolute atomic E-state index is 0.127. The largest absolute Gasteiger partial charge is 0.495 e. The molecular weight excluding hydrogens is 441 g/mol. The van der Waals surface area contributed by atoms with Crippen LogP contribution in [0.15, 0.2) is 36.5 Å². The number of nitrogens with zero attached hydrogens (tertiary/aromatic N) is 2. The molecule has 1 saturated carbocycles. The van der Waals surface area contributed by atoms with Crippen LogP contribution in [0.3, 0.4) is 0 Å². The van der Waals surface area contributed by atoms with Gasteiger partial charge < -0.3 is 26.0 Å². The van der Waals surface area contributed by atoms with E-state index in [-0.39, 0.29) is 41.0 Å². The molecule has 5 unspecified atom stereocenters. The molecule has 1 amide bonds. The first-order valence-electron chi connectivity index (χ1n) is 9.70. The number of primary amides is 1. The number of amides is 1. The van der Waals surface area contributed by atoms with Gasteiger partial charge in [-0.2, -0.15) is 4.98 Å². The van der Waals surface area contributed by atoms with Crippen molar-refractivity contribution in [3.05, 3.63) is 41.6 Å². The first-order chi connectivity index (χ1) is 14.7. The number of methoxy groups -OCH3 is 1. The van der Waals surface area contributed by atoms with Crippen molar-refractivity contribution in [1.82, 2.24) is 9.97 Å². The predicted octanol–water partition coefficient (Wildman–Crippen LogP) is 2.50. The molecule has 2 aliphatic carbocycles. The molecule has 5 atom stereocenters. The number of anilines is 3. The van der Waals surface area contributed by atoms with E-state index >= 15 is 0 Å². The summed E-state index contributed by atoms with van der Waals surface area (Å²) in [6.45, 7) is 1.26. The maximum Gasteiger partial charge on any atom is 0.229 e. The van der Waals surface area contributed by atoms with Gasteiger partial charge in [0.1, 0.15) is 10.8 Å². The molecule has 2 bridgehead atoms. The average molecular weight is 464 g/mol. The fourth-order valence-electron chi connectivity index (χ4n) is 4.26. The number of aromatic nitrogens is 2. The number of carbonyl (C=O) groups excluding carboxylic acids is 1. The Balaban J connectivity index is 1.58. The Morgan fingerprint density at radius 1 is 1.35 bits per heavy atom. The van der Waals surface area contributed by atoms with Gasteiger partial charge in [0, 0.05) is 18.0 Å². The summed E-state index contributed by atoms with van der Waals surface area (Å²) >= 11 is 6.30. The first-order valence-corrected chi connectivity index (χ1v) is 12.2. The highest BCUT2D eigenvalue weighted by Gasteiger charge is 2.47. The summed E-state index contributed by atoms with van der Waals surface area (Å²) in [6.07, 6.45) is 6.46. The number of hydrogen-bond acceptors (Lipinski definition) is 7. The summed E-state index contributed by atoms with van der Waals surface area (Å²) in [5, 5.41) is 6.91. The monoisotopic (exact) mass is 463 g/mol. The second kappa shape index (κ2) is 8.15. The molecule has 5 N–H and O–H groups in total. The van der Waals surface area contributed by atoms with Gasteiger partial charge in [-0.25, -0.2) is 4.98 Å². The van der Waals surface area contributed by atoms with Crippen molar-refractivity contribution in [1.29, 1.82) is 0 Å². The van der Waals surface area contributed by atoms with E-state index in [9.17, 15) is 14.3 Å². The van der Waals surface area contributed by atoms with Crippen LogP contribution >= 0.6 is 19.0 Å². The van der Waals surface area contributed by atoms with Gasteiger partial charge in [0.2, 0.25) is 19.2 Å². The zero-order valence-corrected chi connectivity index (χ0v) is 18.6. The van der Waals surface area contributed by atoms with Gasteiger partial charge in [0.05, 0.1) is 24.9 Å². The van der Waals surface area contributed by atoms with E-state index < -0.39 is 7.37 Å². The van der Waals surface area contributed by atoms with Crippen LogP contribution in [0.2, 0.25) is 5.02 Å². The van der Waals surface area contributed by atoms with Crippen molar-refractivity contribution in [2.24, 2.45) is 23.5 Å². The van der Waals surface area contributed by atoms with Crippen molar-refractivity contribution in [2.75, 3.05) is 24.4 Å². The van der Waals surface area contributed by atoms with Crippen molar-refractivity contribution in [3.8, 4) is 5.75 Å². The number of carbonyl (C=O) groups is 1. The number of nitrogens with two attached hydrogens (primary N) is 1. The van der Waals surface area contributed by atoms with Crippen molar-refractivity contribution in [3.63, 3.8) is 0 Å². The summed E-state index contributed by atoms with van der Waals surface area (Å²) in [5.74, 6) is 0.640. The molecule has 11 heteroatoms. The molecular formula is C20H23ClN5O4P. The van der Waals surface area contributed by atoms with Crippen LogP contribution < -0.4 is 26.4 Å². The van der Waals surface area contributed by atoms with Crippen LogP contribution in [-0.4, -0.2) is 40.6 Å². The van der Waals surface area contributed by atoms with Gasteiger partial charge >= 0.3 is 0 Å². The molecule has 4 rings (SSSR count). The molecule has 0 spiro atoms. The number of benzene rings is 1. The van der Waals surface area contributed by atoms with E-state index in [1.165, 1.54) is 26.0 Å². The maximum atomic E-state index is 12.0.